The van der Waals surface area contributed by atoms with E-state index in [4.69, 9.17) is 14.2 Å². The van der Waals surface area contributed by atoms with Crippen molar-refractivity contribution in [3.05, 3.63) is 69.9 Å². The number of esters is 1. The van der Waals surface area contributed by atoms with E-state index in [9.17, 15) is 4.79 Å². The number of aromatic amines is 1. The summed E-state index contributed by atoms with van der Waals surface area (Å²) < 4.78 is 35.7. The molecule has 0 unspecified atom stereocenters. The molecule has 7 nitrogen and oxygen atoms in total. The van der Waals surface area contributed by atoms with Crippen LogP contribution in [0.5, 0.6) is 5.75 Å². The Balaban J connectivity index is 0.00000353. The molecule has 0 amide bonds. The van der Waals surface area contributed by atoms with Gasteiger partial charge in [-0.1, -0.05) is 26.5 Å². The van der Waals surface area contributed by atoms with Gasteiger partial charge < -0.3 is 18.8 Å². The van der Waals surface area contributed by atoms with E-state index >= 15 is 4.39 Å². The molecule has 1 aliphatic heterocycles. The molecule has 0 atom stereocenters. The van der Waals surface area contributed by atoms with Crippen LogP contribution in [0, 0.1) is 5.82 Å². The highest BCUT2D eigenvalue weighted by Crippen LogP contribution is 2.40. The van der Waals surface area contributed by atoms with Crippen LogP contribution in [-0.2, 0) is 48.3 Å². The van der Waals surface area contributed by atoms with Crippen molar-refractivity contribution in [2.45, 2.75) is 85.8 Å². The minimum absolute atomic E-state index is 0. The van der Waals surface area contributed by atoms with Crippen molar-refractivity contribution in [2.75, 3.05) is 19.8 Å². The molecule has 8 heteroatoms. The SMILES string of the molecule is C.CCOC(=O)c1c(CCCOc2cccc3c2CCC3)c2ccc(F)c3c2n1CCCCOCc1[nH]nc(CC)c1-3. The molecule has 0 fully saturated rings. The standard InChI is InChI=1S/C33H38FN3O4.CH4/c1-3-26-30-27(36-35-26)20-39-18-6-5-17-37-31-24(15-16-25(34)29(30)31)23(32(37)33(38)40-4-2)13-9-19-41-28-14-8-11-21-10-7-12-22(21)28;/h8,11,14-16H,3-7,9-10,12-13,17-20H2,1-2H3,(H,35,36);1H4. The van der Waals surface area contributed by atoms with Crippen LogP contribution in [0.2, 0.25) is 0 Å². The summed E-state index contributed by atoms with van der Waals surface area (Å²) in [6.45, 7) is 6.09. The summed E-state index contributed by atoms with van der Waals surface area (Å²) in [5, 5.41) is 8.47. The number of carbonyl (C=O) groups excluding carboxylic acids is 1. The van der Waals surface area contributed by atoms with Crippen LogP contribution >= 0.6 is 0 Å². The minimum Gasteiger partial charge on any atom is -0.493 e. The lowest BCUT2D eigenvalue weighted by atomic mass is 9.97. The van der Waals surface area contributed by atoms with Crippen molar-refractivity contribution in [2.24, 2.45) is 0 Å². The maximum Gasteiger partial charge on any atom is 0.355 e. The molecule has 1 N–H and O–H groups in total. The zero-order chi connectivity index (χ0) is 28.3. The molecule has 42 heavy (non-hydrogen) atoms. The molecule has 0 radical (unpaired) electrons. The Hall–Kier alpha value is -3.65. The van der Waals surface area contributed by atoms with Gasteiger partial charge in [0.15, 0.2) is 0 Å². The van der Waals surface area contributed by atoms with E-state index in [1.807, 2.05) is 24.5 Å². The first-order chi connectivity index (χ1) is 20.1. The number of aryl methyl sites for hydroxylation is 4. The number of nitrogens with zero attached hydrogens (tertiary/aromatic N) is 2. The van der Waals surface area contributed by atoms with Crippen LogP contribution in [-0.4, -0.2) is 40.6 Å². The van der Waals surface area contributed by atoms with Gasteiger partial charge in [0.05, 0.1) is 36.7 Å². The van der Waals surface area contributed by atoms with E-state index in [0.29, 0.717) is 56.9 Å². The molecular weight excluding hydrogens is 533 g/mol. The number of rotatable bonds is 8. The average molecular weight is 576 g/mol. The number of fused-ring (bicyclic) bond motifs is 3. The van der Waals surface area contributed by atoms with Crippen molar-refractivity contribution >= 4 is 16.9 Å². The second-order valence-electron chi connectivity index (χ2n) is 10.9. The van der Waals surface area contributed by atoms with Crippen LogP contribution in [0.3, 0.4) is 0 Å². The number of carbonyl (C=O) groups is 1. The average Bonchev–Trinajstić information content (AvgIpc) is 3.69. The minimum atomic E-state index is -0.374. The van der Waals surface area contributed by atoms with Gasteiger partial charge in [0.2, 0.25) is 0 Å². The summed E-state index contributed by atoms with van der Waals surface area (Å²) in [5.74, 6) is 0.255. The van der Waals surface area contributed by atoms with Gasteiger partial charge in [-0.25, -0.2) is 9.18 Å². The second kappa shape index (κ2) is 13.1. The number of benzene rings is 2. The summed E-state index contributed by atoms with van der Waals surface area (Å²) in [6.07, 6.45) is 6.91. The first kappa shape index (κ1) is 29.8. The fourth-order valence-electron chi connectivity index (χ4n) is 6.52. The predicted molar refractivity (Wildman–Crippen MR) is 163 cm³/mol. The van der Waals surface area contributed by atoms with Gasteiger partial charge in [-0.2, -0.15) is 5.10 Å². The van der Waals surface area contributed by atoms with Gasteiger partial charge in [-0.15, -0.1) is 0 Å². The summed E-state index contributed by atoms with van der Waals surface area (Å²) >= 11 is 0. The largest absolute Gasteiger partial charge is 0.493 e. The van der Waals surface area contributed by atoms with E-state index < -0.39 is 0 Å². The maximum atomic E-state index is 15.9. The third kappa shape index (κ3) is 5.44. The maximum absolute atomic E-state index is 15.9. The number of hydrogen-bond donors (Lipinski definition) is 1. The lowest BCUT2D eigenvalue weighted by molar-refractivity contribution is 0.0512. The third-order valence-corrected chi connectivity index (χ3v) is 8.35. The summed E-state index contributed by atoms with van der Waals surface area (Å²) in [5.41, 5.74) is 7.58. The van der Waals surface area contributed by atoms with E-state index in [1.54, 1.807) is 0 Å². The number of halogens is 1. The molecule has 1 aliphatic carbocycles. The van der Waals surface area contributed by atoms with Gasteiger partial charge in [0, 0.05) is 29.7 Å². The molecule has 2 aliphatic rings. The number of ether oxygens (including phenoxy) is 3. The normalized spacial score (nSPS) is 14.5. The Morgan fingerprint density at radius 3 is 2.83 bits per heavy atom. The van der Waals surface area contributed by atoms with E-state index in [1.165, 1.54) is 23.6 Å². The molecule has 0 spiro atoms. The van der Waals surface area contributed by atoms with Gasteiger partial charge in [0.25, 0.3) is 0 Å². The first-order valence-corrected chi connectivity index (χ1v) is 15.0. The summed E-state index contributed by atoms with van der Waals surface area (Å²) in [7, 11) is 0. The smallest absolute Gasteiger partial charge is 0.355 e. The summed E-state index contributed by atoms with van der Waals surface area (Å²) in [4.78, 5) is 13.5. The Labute approximate surface area is 247 Å². The Morgan fingerprint density at radius 2 is 2.00 bits per heavy atom. The molecule has 224 valence electrons. The monoisotopic (exact) mass is 575 g/mol. The molecule has 6 rings (SSSR count). The molecule has 2 aromatic heterocycles. The number of aromatic nitrogens is 3. The predicted octanol–water partition coefficient (Wildman–Crippen LogP) is 7.36. The summed E-state index contributed by atoms with van der Waals surface area (Å²) in [6, 6.07) is 9.64. The number of hydrogen-bond acceptors (Lipinski definition) is 5. The Bertz CT molecular complexity index is 1570. The van der Waals surface area contributed by atoms with Gasteiger partial charge in [-0.3, -0.25) is 5.10 Å². The van der Waals surface area contributed by atoms with E-state index in [-0.39, 0.29) is 25.8 Å². The second-order valence-corrected chi connectivity index (χ2v) is 10.9. The highest BCUT2D eigenvalue weighted by Gasteiger charge is 2.29. The fraction of sp³-hybridized carbons (Fsp3) is 0.471. The lowest BCUT2D eigenvalue weighted by Crippen LogP contribution is -2.15. The van der Waals surface area contributed by atoms with Gasteiger partial charge >= 0.3 is 5.97 Å². The zero-order valence-corrected chi connectivity index (χ0v) is 24.0. The molecule has 4 aromatic rings. The van der Waals surface area contributed by atoms with Crippen LogP contribution in [0.15, 0.2) is 30.3 Å². The van der Waals surface area contributed by atoms with Crippen LogP contribution in [0.1, 0.15) is 85.5 Å². The van der Waals surface area contributed by atoms with Crippen LogP contribution in [0.25, 0.3) is 22.0 Å². The highest BCUT2D eigenvalue weighted by molar-refractivity contribution is 6.05. The molecule has 0 saturated heterocycles. The first-order valence-electron chi connectivity index (χ1n) is 15.0. The van der Waals surface area contributed by atoms with Crippen molar-refractivity contribution in [3.63, 3.8) is 0 Å². The Kier molecular flexibility index (Phi) is 9.31. The van der Waals surface area contributed by atoms with Gasteiger partial charge in [-0.05, 0) is 93.2 Å². The highest BCUT2D eigenvalue weighted by atomic mass is 19.1. The quantitative estimate of drug-likeness (QED) is 0.175. The number of nitrogens with one attached hydrogen (secondary N) is 1. The fourth-order valence-corrected chi connectivity index (χ4v) is 6.52. The van der Waals surface area contributed by atoms with Crippen LogP contribution in [0.4, 0.5) is 4.39 Å². The van der Waals surface area contributed by atoms with Crippen LogP contribution < -0.4 is 4.74 Å². The van der Waals surface area contributed by atoms with Crippen molar-refractivity contribution in [1.29, 1.82) is 0 Å². The Morgan fingerprint density at radius 1 is 1.12 bits per heavy atom. The van der Waals surface area contributed by atoms with E-state index in [2.05, 4.69) is 28.4 Å². The lowest BCUT2D eigenvalue weighted by Gasteiger charge is -2.14. The van der Waals surface area contributed by atoms with Crippen molar-refractivity contribution < 1.29 is 23.4 Å². The van der Waals surface area contributed by atoms with Gasteiger partial charge in [0.1, 0.15) is 17.3 Å². The number of H-pyrrole nitrogens is 1. The molecule has 2 aromatic carbocycles. The molecule has 0 bridgehead atoms. The topological polar surface area (TPSA) is 78.4 Å². The third-order valence-electron chi connectivity index (χ3n) is 8.35. The molecular formula is C34H42FN3O4. The molecule has 0 saturated carbocycles. The van der Waals surface area contributed by atoms with Crippen molar-refractivity contribution in [3.8, 4) is 16.9 Å². The van der Waals surface area contributed by atoms with Crippen molar-refractivity contribution in [1.82, 2.24) is 14.8 Å². The zero-order valence-electron chi connectivity index (χ0n) is 24.0. The van der Waals surface area contributed by atoms with E-state index in [0.717, 1.165) is 64.9 Å². The molecule has 3 heterocycles.